The molecule has 2 fully saturated rings. The van der Waals surface area contributed by atoms with Crippen molar-refractivity contribution in [3.63, 3.8) is 0 Å². The lowest BCUT2D eigenvalue weighted by Gasteiger charge is -2.29. The van der Waals surface area contributed by atoms with Crippen LogP contribution in [0.1, 0.15) is 11.1 Å². The van der Waals surface area contributed by atoms with Gasteiger partial charge in [-0.05, 0) is 24.6 Å². The molecule has 0 bridgehead atoms. The molecule has 0 spiro atoms. The first kappa shape index (κ1) is 18.1. The number of anilines is 1. The summed E-state index contributed by atoms with van der Waals surface area (Å²) in [6, 6.07) is 3.74. The minimum atomic E-state index is -0.202. The molecule has 2 aliphatic heterocycles. The van der Waals surface area contributed by atoms with E-state index >= 15 is 0 Å². The molecule has 0 radical (unpaired) electrons. The van der Waals surface area contributed by atoms with Gasteiger partial charge in [-0.25, -0.2) is 4.98 Å². The number of carbonyl (C=O) groups is 1. The summed E-state index contributed by atoms with van der Waals surface area (Å²) in [5.74, 6) is 0.380. The van der Waals surface area contributed by atoms with Crippen molar-refractivity contribution in [2.45, 2.75) is 6.92 Å². The van der Waals surface area contributed by atoms with E-state index in [1.54, 1.807) is 19.3 Å². The van der Waals surface area contributed by atoms with Crippen LogP contribution in [0.25, 0.3) is 11.7 Å². The Morgan fingerprint density at radius 3 is 2.70 bits per heavy atom. The number of pyridine rings is 1. The van der Waals surface area contributed by atoms with Crippen LogP contribution in [0, 0.1) is 6.92 Å². The Labute approximate surface area is 165 Å². The van der Waals surface area contributed by atoms with Gasteiger partial charge in [0.2, 0.25) is 0 Å². The average Bonchev–Trinajstić information content (AvgIpc) is 2.92. The number of hydrogen-bond donors (Lipinski definition) is 0. The second-order valence-corrected chi connectivity index (χ2v) is 8.05. The molecule has 140 valence electrons. The Morgan fingerprint density at radius 2 is 2.04 bits per heavy atom. The van der Waals surface area contributed by atoms with E-state index in [0.29, 0.717) is 52.6 Å². The minimum absolute atomic E-state index is 0.202. The third-order valence-electron chi connectivity index (χ3n) is 4.64. The third-order valence-corrected chi connectivity index (χ3v) is 6.12. The summed E-state index contributed by atoms with van der Waals surface area (Å²) >= 11 is 6.40. The molecule has 7 nitrogen and oxygen atoms in total. The summed E-state index contributed by atoms with van der Waals surface area (Å²) in [5.41, 5.74) is 1.72. The second kappa shape index (κ2) is 7.06. The highest BCUT2D eigenvalue weighted by Crippen LogP contribution is 2.32. The van der Waals surface area contributed by atoms with Gasteiger partial charge < -0.3 is 9.64 Å². The van der Waals surface area contributed by atoms with Crippen molar-refractivity contribution in [1.29, 1.82) is 0 Å². The Bertz CT molecular complexity index is 1040. The van der Waals surface area contributed by atoms with Crippen molar-refractivity contribution in [2.24, 2.45) is 0 Å². The fourth-order valence-corrected chi connectivity index (χ4v) is 4.28. The molecule has 2 aromatic heterocycles. The highest BCUT2D eigenvalue weighted by Gasteiger charge is 2.30. The summed E-state index contributed by atoms with van der Waals surface area (Å²) in [7, 11) is 1.64. The maximum atomic E-state index is 13.3. The van der Waals surface area contributed by atoms with Crippen LogP contribution >= 0.6 is 24.0 Å². The molecular weight excluding hydrogens is 384 g/mol. The lowest BCUT2D eigenvalue weighted by Crippen LogP contribution is -2.38. The van der Waals surface area contributed by atoms with E-state index < -0.39 is 0 Å². The zero-order chi connectivity index (χ0) is 19.1. The van der Waals surface area contributed by atoms with Gasteiger partial charge in [0, 0.05) is 26.3 Å². The van der Waals surface area contributed by atoms with Gasteiger partial charge in [-0.1, -0.05) is 30.0 Å². The minimum Gasteiger partial charge on any atom is -0.378 e. The van der Waals surface area contributed by atoms with Crippen molar-refractivity contribution < 1.29 is 9.53 Å². The molecule has 4 rings (SSSR count). The molecule has 0 N–H and O–H groups in total. The number of morpholine rings is 1. The predicted octanol–water partition coefficient (Wildman–Crippen LogP) is 1.67. The maximum absolute atomic E-state index is 13.3. The predicted molar refractivity (Wildman–Crippen MR) is 110 cm³/mol. The molecular formula is C18H18N4O3S2. The maximum Gasteiger partial charge on any atom is 0.267 e. The van der Waals surface area contributed by atoms with Gasteiger partial charge in [0.1, 0.15) is 15.8 Å². The highest BCUT2D eigenvalue weighted by atomic mass is 32.2. The molecule has 0 unspecified atom stereocenters. The first-order valence-electron chi connectivity index (χ1n) is 8.53. The number of thiocarbonyl (C=S) groups is 1. The van der Waals surface area contributed by atoms with Crippen LogP contribution in [-0.4, -0.2) is 57.9 Å². The van der Waals surface area contributed by atoms with E-state index in [0.717, 1.165) is 5.56 Å². The Hall–Kier alpha value is -2.23. The van der Waals surface area contributed by atoms with Gasteiger partial charge in [-0.15, -0.1) is 0 Å². The summed E-state index contributed by atoms with van der Waals surface area (Å²) in [4.78, 5) is 34.3. The standard InChI is InChI=1S/C18H18N4O3S2/c1-11-4-3-5-22-14(11)19-15(21-6-8-25-9-7-21)12(16(22)23)10-13-17(24)20(2)18(26)27-13/h3-5,10H,6-9H2,1-2H3/b13-10+. The second-order valence-electron chi connectivity index (χ2n) is 6.38. The molecule has 9 heteroatoms. The van der Waals surface area contributed by atoms with Gasteiger partial charge in [-0.3, -0.25) is 18.9 Å². The van der Waals surface area contributed by atoms with E-state index in [2.05, 4.69) is 0 Å². The number of ether oxygens (including phenoxy) is 1. The number of amides is 1. The first-order valence-corrected chi connectivity index (χ1v) is 9.76. The Kier molecular flexibility index (Phi) is 4.75. The zero-order valence-electron chi connectivity index (χ0n) is 15.0. The zero-order valence-corrected chi connectivity index (χ0v) is 16.6. The van der Waals surface area contributed by atoms with Gasteiger partial charge in [-0.2, -0.15) is 0 Å². The fourth-order valence-electron chi connectivity index (χ4n) is 3.12. The van der Waals surface area contributed by atoms with E-state index in [-0.39, 0.29) is 11.5 Å². The van der Waals surface area contributed by atoms with Gasteiger partial charge in [0.05, 0.1) is 23.7 Å². The highest BCUT2D eigenvalue weighted by molar-refractivity contribution is 8.26. The monoisotopic (exact) mass is 402 g/mol. The number of carbonyl (C=O) groups excluding carboxylic acids is 1. The normalized spacial score (nSPS) is 19.6. The molecule has 27 heavy (non-hydrogen) atoms. The lowest BCUT2D eigenvalue weighted by atomic mass is 10.2. The summed E-state index contributed by atoms with van der Waals surface area (Å²) in [5, 5.41) is 0. The summed E-state index contributed by atoms with van der Waals surface area (Å²) in [6.07, 6.45) is 3.32. The molecule has 2 aromatic rings. The molecule has 0 aromatic carbocycles. The topological polar surface area (TPSA) is 67.2 Å². The Morgan fingerprint density at radius 1 is 1.30 bits per heavy atom. The molecule has 2 aliphatic rings. The number of thioether (sulfide) groups is 1. The Balaban J connectivity index is 1.95. The van der Waals surface area contributed by atoms with Gasteiger partial charge >= 0.3 is 0 Å². The van der Waals surface area contributed by atoms with Crippen molar-refractivity contribution in [1.82, 2.24) is 14.3 Å². The molecule has 4 heterocycles. The summed E-state index contributed by atoms with van der Waals surface area (Å²) in [6.45, 7) is 4.36. The molecule has 0 saturated carbocycles. The number of aromatic nitrogens is 2. The smallest absolute Gasteiger partial charge is 0.267 e. The van der Waals surface area contributed by atoms with Crippen LogP contribution < -0.4 is 10.5 Å². The van der Waals surface area contributed by atoms with Gasteiger partial charge in [0.25, 0.3) is 11.5 Å². The van der Waals surface area contributed by atoms with Crippen molar-refractivity contribution in [3.8, 4) is 0 Å². The molecule has 1 amide bonds. The van der Waals surface area contributed by atoms with Gasteiger partial charge in [0.15, 0.2) is 0 Å². The molecule has 0 atom stereocenters. The number of fused-ring (bicyclic) bond motifs is 1. The number of likely N-dealkylation sites (N-methyl/N-ethyl adjacent to an activating group) is 1. The van der Waals surface area contributed by atoms with Crippen molar-refractivity contribution in [2.75, 3.05) is 38.3 Å². The van der Waals surface area contributed by atoms with Crippen LogP contribution in [-0.2, 0) is 9.53 Å². The van der Waals surface area contributed by atoms with Crippen LogP contribution in [0.2, 0.25) is 0 Å². The van der Waals surface area contributed by atoms with Crippen molar-refractivity contribution >= 4 is 51.7 Å². The van der Waals surface area contributed by atoms with E-state index in [9.17, 15) is 9.59 Å². The molecule has 0 aliphatic carbocycles. The van der Waals surface area contributed by atoms with Crippen LogP contribution in [0.3, 0.4) is 0 Å². The number of aryl methyl sites for hydroxylation is 1. The average molecular weight is 403 g/mol. The third kappa shape index (κ3) is 3.15. The van der Waals surface area contributed by atoms with Crippen LogP contribution in [0.4, 0.5) is 5.82 Å². The van der Waals surface area contributed by atoms with E-state index in [1.807, 2.05) is 24.0 Å². The number of rotatable bonds is 2. The molecule has 2 saturated heterocycles. The fraction of sp³-hybridized carbons (Fsp3) is 0.333. The van der Waals surface area contributed by atoms with Crippen LogP contribution in [0.5, 0.6) is 0 Å². The number of hydrogen-bond acceptors (Lipinski definition) is 7. The summed E-state index contributed by atoms with van der Waals surface area (Å²) < 4.78 is 7.43. The van der Waals surface area contributed by atoms with Crippen molar-refractivity contribution in [3.05, 3.63) is 44.7 Å². The first-order chi connectivity index (χ1) is 13.0. The largest absolute Gasteiger partial charge is 0.378 e. The number of nitrogens with zero attached hydrogens (tertiary/aromatic N) is 4. The lowest BCUT2D eigenvalue weighted by molar-refractivity contribution is -0.121. The SMILES string of the molecule is Cc1cccn2c(=O)c(/C=C3/SC(=S)N(C)C3=O)c(N3CCOCC3)nc12. The quantitative estimate of drug-likeness (QED) is 0.559. The van der Waals surface area contributed by atoms with E-state index in [4.69, 9.17) is 21.9 Å². The van der Waals surface area contributed by atoms with Crippen LogP contribution in [0.15, 0.2) is 28.0 Å². The van der Waals surface area contributed by atoms with E-state index in [1.165, 1.54) is 21.1 Å².